The fourth-order valence-electron chi connectivity index (χ4n) is 2.27. The fourth-order valence-corrected chi connectivity index (χ4v) is 2.47. The van der Waals surface area contributed by atoms with Crippen molar-refractivity contribution in [3.8, 4) is 0 Å². The number of pyridine rings is 1. The summed E-state index contributed by atoms with van der Waals surface area (Å²) in [5, 5.41) is 9.48. The number of hydrogen-bond acceptors (Lipinski definition) is 4. The molecular weight excluding hydrogens is 304 g/mol. The van der Waals surface area contributed by atoms with Gasteiger partial charge in [0.15, 0.2) is 0 Å². The van der Waals surface area contributed by atoms with Crippen molar-refractivity contribution in [2.45, 2.75) is 33.2 Å². The molecule has 0 fully saturated rings. The largest absolute Gasteiger partial charge is 0.346 e. The SMILES string of the molecule is CCc1n[nH]c(=O)c(CNC(=O)c2ncccc2Cl)c1CC. The van der Waals surface area contributed by atoms with Crippen molar-refractivity contribution in [2.75, 3.05) is 0 Å². The van der Waals surface area contributed by atoms with Gasteiger partial charge in [0, 0.05) is 18.3 Å². The van der Waals surface area contributed by atoms with Gasteiger partial charge in [0.1, 0.15) is 5.69 Å². The average molecular weight is 321 g/mol. The molecule has 0 aliphatic heterocycles. The Morgan fingerprint density at radius 3 is 2.73 bits per heavy atom. The van der Waals surface area contributed by atoms with E-state index < -0.39 is 5.91 Å². The van der Waals surface area contributed by atoms with Crippen molar-refractivity contribution in [3.05, 3.63) is 56.2 Å². The number of hydrogen-bond donors (Lipinski definition) is 2. The lowest BCUT2D eigenvalue weighted by atomic mass is 10.0. The smallest absolute Gasteiger partial charge is 0.271 e. The second kappa shape index (κ2) is 7.17. The van der Waals surface area contributed by atoms with E-state index >= 15 is 0 Å². The van der Waals surface area contributed by atoms with Crippen molar-refractivity contribution in [1.82, 2.24) is 20.5 Å². The summed E-state index contributed by atoms with van der Waals surface area (Å²) in [5.74, 6) is -0.415. The molecule has 22 heavy (non-hydrogen) atoms. The summed E-state index contributed by atoms with van der Waals surface area (Å²) in [7, 11) is 0. The molecule has 2 heterocycles. The Morgan fingerprint density at radius 2 is 2.09 bits per heavy atom. The van der Waals surface area contributed by atoms with E-state index in [9.17, 15) is 9.59 Å². The molecule has 2 rings (SSSR count). The summed E-state index contributed by atoms with van der Waals surface area (Å²) in [6.45, 7) is 4.03. The van der Waals surface area contributed by atoms with Gasteiger partial charge in [-0.15, -0.1) is 0 Å². The molecule has 2 aromatic heterocycles. The lowest BCUT2D eigenvalue weighted by Gasteiger charge is -2.11. The van der Waals surface area contributed by atoms with Gasteiger partial charge in [-0.2, -0.15) is 5.10 Å². The second-order valence-electron chi connectivity index (χ2n) is 4.68. The van der Waals surface area contributed by atoms with Gasteiger partial charge >= 0.3 is 0 Å². The molecule has 0 saturated heterocycles. The van der Waals surface area contributed by atoms with Crippen LogP contribution in [0.5, 0.6) is 0 Å². The summed E-state index contributed by atoms with van der Waals surface area (Å²) in [5.41, 5.74) is 2.08. The number of aryl methyl sites for hydroxylation is 1. The molecule has 1 amide bonds. The average Bonchev–Trinajstić information content (AvgIpc) is 2.53. The van der Waals surface area contributed by atoms with Gasteiger partial charge in [-0.25, -0.2) is 10.1 Å². The molecule has 116 valence electrons. The molecule has 7 heteroatoms. The highest BCUT2D eigenvalue weighted by atomic mass is 35.5. The third-order valence-electron chi connectivity index (χ3n) is 3.37. The second-order valence-corrected chi connectivity index (χ2v) is 5.09. The van der Waals surface area contributed by atoms with Gasteiger partial charge in [-0.05, 0) is 30.5 Å². The van der Waals surface area contributed by atoms with E-state index in [4.69, 9.17) is 11.6 Å². The quantitative estimate of drug-likeness (QED) is 0.880. The molecular formula is C15H17ClN4O2. The predicted molar refractivity (Wildman–Crippen MR) is 84.0 cm³/mol. The zero-order chi connectivity index (χ0) is 16.1. The molecule has 0 aliphatic rings. The Morgan fingerprint density at radius 1 is 1.32 bits per heavy atom. The first-order valence-corrected chi connectivity index (χ1v) is 7.44. The number of carbonyl (C=O) groups is 1. The first kappa shape index (κ1) is 16.2. The van der Waals surface area contributed by atoms with Crippen molar-refractivity contribution < 1.29 is 4.79 Å². The highest BCUT2D eigenvalue weighted by Crippen LogP contribution is 2.13. The minimum absolute atomic E-state index is 0.111. The van der Waals surface area contributed by atoms with Crippen molar-refractivity contribution in [3.63, 3.8) is 0 Å². The summed E-state index contributed by atoms with van der Waals surface area (Å²) >= 11 is 5.94. The maximum absolute atomic E-state index is 12.1. The van der Waals surface area contributed by atoms with Crippen LogP contribution in [-0.4, -0.2) is 21.1 Å². The number of rotatable bonds is 5. The number of H-pyrrole nitrogens is 1. The van der Waals surface area contributed by atoms with Crippen molar-refractivity contribution >= 4 is 17.5 Å². The maximum atomic E-state index is 12.1. The molecule has 2 aromatic rings. The van der Waals surface area contributed by atoms with E-state index in [-0.39, 0.29) is 22.8 Å². The number of halogens is 1. The van der Waals surface area contributed by atoms with Gasteiger partial charge in [0.05, 0.1) is 10.7 Å². The highest BCUT2D eigenvalue weighted by molar-refractivity contribution is 6.33. The predicted octanol–water partition coefficient (Wildman–Crippen LogP) is 1.87. The van der Waals surface area contributed by atoms with E-state index in [1.807, 2.05) is 13.8 Å². The number of amides is 1. The van der Waals surface area contributed by atoms with E-state index in [1.54, 1.807) is 12.1 Å². The van der Waals surface area contributed by atoms with Crippen molar-refractivity contribution in [2.24, 2.45) is 0 Å². The number of nitrogens with zero attached hydrogens (tertiary/aromatic N) is 2. The molecule has 0 saturated carbocycles. The van der Waals surface area contributed by atoms with Crippen LogP contribution in [0.25, 0.3) is 0 Å². The Labute approximate surface area is 132 Å². The molecule has 0 radical (unpaired) electrons. The molecule has 0 aromatic carbocycles. The molecule has 2 N–H and O–H groups in total. The zero-order valence-corrected chi connectivity index (χ0v) is 13.2. The normalized spacial score (nSPS) is 10.5. The van der Waals surface area contributed by atoms with Crippen LogP contribution in [0.1, 0.15) is 41.2 Å². The first-order valence-electron chi connectivity index (χ1n) is 7.06. The fraction of sp³-hybridized carbons (Fsp3) is 0.333. The van der Waals surface area contributed by atoms with Gasteiger partial charge < -0.3 is 5.32 Å². The van der Waals surface area contributed by atoms with Gasteiger partial charge in [0.2, 0.25) is 0 Å². The highest BCUT2D eigenvalue weighted by Gasteiger charge is 2.15. The van der Waals surface area contributed by atoms with Gasteiger partial charge in [0.25, 0.3) is 11.5 Å². The maximum Gasteiger partial charge on any atom is 0.271 e. The van der Waals surface area contributed by atoms with E-state index in [0.717, 1.165) is 11.3 Å². The number of aromatic amines is 1. The Kier molecular flexibility index (Phi) is 5.27. The van der Waals surface area contributed by atoms with Crippen molar-refractivity contribution in [1.29, 1.82) is 0 Å². The standard InChI is InChI=1S/C15H17ClN4O2/c1-3-9-10(14(21)20-19-12(9)4-2)8-18-15(22)13-11(16)6-5-7-17-13/h5-7H,3-4,8H2,1-2H3,(H,18,22)(H,20,21). The number of aromatic nitrogens is 3. The topological polar surface area (TPSA) is 87.7 Å². The summed E-state index contributed by atoms with van der Waals surface area (Å²) in [4.78, 5) is 28.0. The third-order valence-corrected chi connectivity index (χ3v) is 3.67. The van der Waals surface area contributed by atoms with Crippen LogP contribution >= 0.6 is 11.6 Å². The minimum Gasteiger partial charge on any atom is -0.346 e. The molecule has 0 bridgehead atoms. The van der Waals surface area contributed by atoms with Crippen LogP contribution in [0.2, 0.25) is 5.02 Å². The number of nitrogens with one attached hydrogen (secondary N) is 2. The summed E-state index contributed by atoms with van der Waals surface area (Å²) < 4.78 is 0. The van der Waals surface area contributed by atoms with Crippen LogP contribution in [0.15, 0.2) is 23.1 Å². The lowest BCUT2D eigenvalue weighted by molar-refractivity contribution is 0.0946. The van der Waals surface area contributed by atoms with Crippen LogP contribution in [0.4, 0.5) is 0 Å². The molecule has 6 nitrogen and oxygen atoms in total. The Hall–Kier alpha value is -2.21. The van der Waals surface area contributed by atoms with Crippen LogP contribution in [0, 0.1) is 0 Å². The third kappa shape index (κ3) is 3.33. The van der Waals surface area contributed by atoms with Gasteiger partial charge in [-0.1, -0.05) is 25.4 Å². The molecule has 0 atom stereocenters. The van der Waals surface area contributed by atoms with E-state index in [0.29, 0.717) is 18.4 Å². The first-order chi connectivity index (χ1) is 10.6. The Bertz CT molecular complexity index is 743. The van der Waals surface area contributed by atoms with E-state index in [2.05, 4.69) is 20.5 Å². The number of carbonyl (C=O) groups excluding carboxylic acids is 1. The van der Waals surface area contributed by atoms with E-state index in [1.165, 1.54) is 6.20 Å². The lowest BCUT2D eigenvalue weighted by Crippen LogP contribution is -2.30. The molecule has 0 aliphatic carbocycles. The minimum atomic E-state index is -0.415. The molecule has 0 spiro atoms. The zero-order valence-electron chi connectivity index (χ0n) is 12.4. The summed E-state index contributed by atoms with van der Waals surface area (Å²) in [6.07, 6.45) is 2.88. The molecule has 0 unspecified atom stereocenters. The van der Waals surface area contributed by atoms with Crippen LogP contribution in [-0.2, 0) is 19.4 Å². The van der Waals surface area contributed by atoms with Crippen LogP contribution < -0.4 is 10.9 Å². The van der Waals surface area contributed by atoms with Crippen LogP contribution in [0.3, 0.4) is 0 Å². The summed E-state index contributed by atoms with van der Waals surface area (Å²) in [6, 6.07) is 3.24. The Balaban J connectivity index is 2.24. The monoisotopic (exact) mass is 320 g/mol. The van der Waals surface area contributed by atoms with Gasteiger partial charge in [-0.3, -0.25) is 9.59 Å².